The number of pyridine rings is 2. The largest absolute Gasteiger partial charge is 0.309 e. The number of fused-ring (bicyclic) bond motifs is 1. The molecule has 0 fully saturated rings. The van der Waals surface area contributed by atoms with E-state index in [9.17, 15) is 9.59 Å². The van der Waals surface area contributed by atoms with E-state index in [4.69, 9.17) is 0 Å². The minimum absolute atomic E-state index is 0.0440. The first kappa shape index (κ1) is 14.0. The van der Waals surface area contributed by atoms with Gasteiger partial charge in [0.05, 0.1) is 5.52 Å². The van der Waals surface area contributed by atoms with Gasteiger partial charge in [-0.1, -0.05) is 24.3 Å². The van der Waals surface area contributed by atoms with Crippen molar-refractivity contribution in [1.29, 1.82) is 0 Å². The Morgan fingerprint density at radius 1 is 1.18 bits per heavy atom. The Morgan fingerprint density at radius 2 is 1.95 bits per heavy atom. The molecule has 3 rings (SSSR count). The second kappa shape index (κ2) is 5.81. The molecule has 0 aliphatic rings. The van der Waals surface area contributed by atoms with Crippen LogP contribution < -0.4 is 10.9 Å². The van der Waals surface area contributed by atoms with Crippen LogP contribution in [0.25, 0.3) is 10.9 Å². The van der Waals surface area contributed by atoms with Crippen LogP contribution in [-0.2, 0) is 11.3 Å². The Balaban J connectivity index is 1.95. The molecule has 0 radical (unpaired) electrons. The number of carbonyl (C=O) groups is 1. The number of para-hydroxylation sites is 1. The second-order valence-corrected chi connectivity index (χ2v) is 5.04. The van der Waals surface area contributed by atoms with Crippen molar-refractivity contribution in [2.24, 2.45) is 0 Å². The standard InChI is InChI=1S/C17H15N3O2/c1-12-10-13-6-2-3-7-14(13)20(17(12)22)11-16(21)19-15-8-4-5-9-18-15/h2-10H,11H2,1H3,(H,18,19,21). The van der Waals surface area contributed by atoms with E-state index in [-0.39, 0.29) is 18.0 Å². The van der Waals surface area contributed by atoms with Crippen LogP contribution >= 0.6 is 0 Å². The fraction of sp³-hybridized carbons (Fsp3) is 0.118. The maximum absolute atomic E-state index is 12.3. The Bertz CT molecular complexity index is 885. The number of nitrogens with one attached hydrogen (secondary N) is 1. The van der Waals surface area contributed by atoms with Crippen LogP contribution in [0.1, 0.15) is 5.56 Å². The van der Waals surface area contributed by atoms with Gasteiger partial charge in [-0.3, -0.25) is 14.2 Å². The van der Waals surface area contributed by atoms with Crippen molar-refractivity contribution in [3.8, 4) is 0 Å². The van der Waals surface area contributed by atoms with Gasteiger partial charge in [0.1, 0.15) is 12.4 Å². The van der Waals surface area contributed by atoms with Crippen molar-refractivity contribution in [2.75, 3.05) is 5.32 Å². The topological polar surface area (TPSA) is 64.0 Å². The van der Waals surface area contributed by atoms with Crippen molar-refractivity contribution in [3.05, 3.63) is 70.6 Å². The smallest absolute Gasteiger partial charge is 0.254 e. The minimum Gasteiger partial charge on any atom is -0.309 e. The molecular weight excluding hydrogens is 278 g/mol. The summed E-state index contributed by atoms with van der Waals surface area (Å²) in [5.41, 5.74) is 1.20. The molecule has 0 atom stereocenters. The number of nitrogens with zero attached hydrogens (tertiary/aromatic N) is 2. The SMILES string of the molecule is Cc1cc2ccccc2n(CC(=O)Nc2ccccn2)c1=O. The molecule has 1 N–H and O–H groups in total. The third-order valence-electron chi connectivity index (χ3n) is 3.42. The summed E-state index contributed by atoms with van der Waals surface area (Å²) in [6, 6.07) is 14.6. The second-order valence-electron chi connectivity index (χ2n) is 5.04. The van der Waals surface area contributed by atoms with Crippen LogP contribution in [0, 0.1) is 6.92 Å². The molecule has 0 aliphatic heterocycles. The van der Waals surface area contributed by atoms with Gasteiger partial charge in [-0.05, 0) is 36.6 Å². The van der Waals surface area contributed by atoms with E-state index in [1.54, 1.807) is 31.3 Å². The molecule has 5 nitrogen and oxygen atoms in total. The zero-order valence-corrected chi connectivity index (χ0v) is 12.1. The third-order valence-corrected chi connectivity index (χ3v) is 3.42. The Hall–Kier alpha value is -2.95. The van der Waals surface area contributed by atoms with Gasteiger partial charge in [-0.25, -0.2) is 4.98 Å². The summed E-state index contributed by atoms with van der Waals surface area (Å²) in [6.45, 7) is 1.71. The number of hydrogen-bond donors (Lipinski definition) is 1. The first-order chi connectivity index (χ1) is 10.6. The minimum atomic E-state index is -0.281. The molecule has 0 spiro atoms. The van der Waals surface area contributed by atoms with E-state index in [2.05, 4.69) is 10.3 Å². The van der Waals surface area contributed by atoms with Gasteiger partial charge in [0.25, 0.3) is 5.56 Å². The third kappa shape index (κ3) is 2.74. The number of carbonyl (C=O) groups excluding carboxylic acids is 1. The van der Waals surface area contributed by atoms with E-state index in [0.717, 1.165) is 10.9 Å². The number of aryl methyl sites for hydroxylation is 1. The Morgan fingerprint density at radius 3 is 2.73 bits per heavy atom. The van der Waals surface area contributed by atoms with Crippen molar-refractivity contribution in [2.45, 2.75) is 13.5 Å². The van der Waals surface area contributed by atoms with Gasteiger partial charge >= 0.3 is 0 Å². The zero-order valence-electron chi connectivity index (χ0n) is 12.1. The molecule has 2 aromatic heterocycles. The zero-order chi connectivity index (χ0) is 15.5. The Kier molecular flexibility index (Phi) is 3.70. The van der Waals surface area contributed by atoms with E-state index in [1.807, 2.05) is 30.3 Å². The summed E-state index contributed by atoms with van der Waals surface area (Å²) in [5, 5.41) is 3.63. The molecule has 3 aromatic rings. The van der Waals surface area contributed by atoms with Crippen LogP contribution in [0.2, 0.25) is 0 Å². The van der Waals surface area contributed by atoms with Crippen molar-refractivity contribution < 1.29 is 4.79 Å². The summed E-state index contributed by atoms with van der Waals surface area (Å²) < 4.78 is 1.49. The molecule has 1 aromatic carbocycles. The summed E-state index contributed by atoms with van der Waals surface area (Å²) in [5.74, 6) is 0.189. The van der Waals surface area contributed by atoms with Crippen LogP contribution in [0.3, 0.4) is 0 Å². The van der Waals surface area contributed by atoms with Gasteiger partial charge in [-0.15, -0.1) is 0 Å². The van der Waals surface area contributed by atoms with Crippen LogP contribution in [0.5, 0.6) is 0 Å². The predicted octanol–water partition coefficient (Wildman–Crippen LogP) is 2.34. The number of rotatable bonds is 3. The van der Waals surface area contributed by atoms with Crippen molar-refractivity contribution in [3.63, 3.8) is 0 Å². The summed E-state index contributed by atoms with van der Waals surface area (Å²) in [6.07, 6.45) is 1.60. The van der Waals surface area contributed by atoms with Crippen LogP contribution in [0.4, 0.5) is 5.82 Å². The molecule has 22 heavy (non-hydrogen) atoms. The summed E-state index contributed by atoms with van der Waals surface area (Å²) in [7, 11) is 0. The van der Waals surface area contributed by atoms with Crippen LogP contribution in [0.15, 0.2) is 59.5 Å². The molecular formula is C17H15N3O2. The number of benzene rings is 1. The molecule has 0 bridgehead atoms. The molecule has 0 saturated heterocycles. The molecule has 2 heterocycles. The lowest BCUT2D eigenvalue weighted by Gasteiger charge is -2.11. The molecule has 5 heteroatoms. The molecule has 0 saturated carbocycles. The van der Waals surface area contributed by atoms with Gasteiger partial charge in [0, 0.05) is 11.8 Å². The average molecular weight is 293 g/mol. The first-order valence-electron chi connectivity index (χ1n) is 6.95. The number of amides is 1. The highest BCUT2D eigenvalue weighted by Gasteiger charge is 2.10. The fourth-order valence-electron chi connectivity index (χ4n) is 2.39. The summed E-state index contributed by atoms with van der Waals surface area (Å²) >= 11 is 0. The highest BCUT2D eigenvalue weighted by atomic mass is 16.2. The van der Waals surface area contributed by atoms with Crippen molar-refractivity contribution >= 4 is 22.6 Å². The quantitative estimate of drug-likeness (QED) is 0.806. The predicted molar refractivity (Wildman–Crippen MR) is 85.8 cm³/mol. The molecule has 0 unspecified atom stereocenters. The normalized spacial score (nSPS) is 10.6. The van der Waals surface area contributed by atoms with Crippen LogP contribution in [-0.4, -0.2) is 15.5 Å². The van der Waals surface area contributed by atoms with Gasteiger partial charge < -0.3 is 5.32 Å². The van der Waals surface area contributed by atoms with E-state index in [0.29, 0.717) is 11.4 Å². The molecule has 1 amide bonds. The van der Waals surface area contributed by atoms with E-state index >= 15 is 0 Å². The highest BCUT2D eigenvalue weighted by Crippen LogP contribution is 2.13. The highest BCUT2D eigenvalue weighted by molar-refractivity contribution is 5.91. The summed E-state index contributed by atoms with van der Waals surface area (Å²) in [4.78, 5) is 28.6. The monoisotopic (exact) mass is 293 g/mol. The van der Waals surface area contributed by atoms with Gasteiger partial charge in [-0.2, -0.15) is 0 Å². The van der Waals surface area contributed by atoms with E-state index < -0.39 is 0 Å². The lowest BCUT2D eigenvalue weighted by atomic mass is 10.1. The lowest BCUT2D eigenvalue weighted by molar-refractivity contribution is -0.116. The Labute approximate surface area is 127 Å². The number of aromatic nitrogens is 2. The molecule has 0 aliphatic carbocycles. The van der Waals surface area contributed by atoms with Gasteiger partial charge in [0.15, 0.2) is 0 Å². The maximum Gasteiger partial charge on any atom is 0.254 e. The number of anilines is 1. The fourth-order valence-corrected chi connectivity index (χ4v) is 2.39. The molecule has 110 valence electrons. The number of hydrogen-bond acceptors (Lipinski definition) is 3. The van der Waals surface area contributed by atoms with Crippen molar-refractivity contribution in [1.82, 2.24) is 9.55 Å². The lowest BCUT2D eigenvalue weighted by Crippen LogP contribution is -2.29. The maximum atomic E-state index is 12.3. The van der Waals surface area contributed by atoms with E-state index in [1.165, 1.54) is 4.57 Å². The first-order valence-corrected chi connectivity index (χ1v) is 6.95. The average Bonchev–Trinajstić information content (AvgIpc) is 2.53. The van der Waals surface area contributed by atoms with Gasteiger partial charge in [0.2, 0.25) is 5.91 Å².